The summed E-state index contributed by atoms with van der Waals surface area (Å²) in [6.45, 7) is 2.97. The molecule has 0 aliphatic carbocycles. The van der Waals surface area contributed by atoms with Crippen molar-refractivity contribution in [3.8, 4) is 17.2 Å². The molecule has 240 valence electrons. The molecule has 0 bridgehead atoms. The lowest BCUT2D eigenvalue weighted by Gasteiger charge is -2.37. The number of hydrogen-bond acceptors (Lipinski definition) is 6. The second kappa shape index (κ2) is 14.3. The maximum Gasteiger partial charge on any atom is 0.230 e. The minimum atomic E-state index is -0.547. The number of benzene rings is 3. The summed E-state index contributed by atoms with van der Waals surface area (Å²) in [6, 6.07) is 19.4. The van der Waals surface area contributed by atoms with Gasteiger partial charge in [0.2, 0.25) is 17.6 Å². The SMILES string of the molecule is COc1cc(CN2CC(CCCNC(=O)C3(c4ccccc4)CCNCC3)(c3ccc(Cl)c(Cl)c3)CC2=O)cc(OC)c1OC. The van der Waals surface area contributed by atoms with Crippen LogP contribution >= 0.6 is 23.2 Å². The fourth-order valence-corrected chi connectivity index (χ4v) is 7.19. The molecule has 5 rings (SSSR count). The first-order chi connectivity index (χ1) is 21.7. The van der Waals surface area contributed by atoms with Gasteiger partial charge in [-0.1, -0.05) is 59.6 Å². The summed E-state index contributed by atoms with van der Waals surface area (Å²) in [4.78, 5) is 29.2. The second-order valence-electron chi connectivity index (χ2n) is 11.9. The largest absolute Gasteiger partial charge is 0.493 e. The summed E-state index contributed by atoms with van der Waals surface area (Å²) in [6.07, 6.45) is 3.20. The monoisotopic (exact) mass is 653 g/mol. The number of methoxy groups -OCH3 is 3. The second-order valence-corrected chi connectivity index (χ2v) is 12.7. The molecule has 1 atom stereocenters. The number of hydrogen-bond donors (Lipinski definition) is 2. The van der Waals surface area contributed by atoms with Crippen molar-refractivity contribution in [1.82, 2.24) is 15.5 Å². The molecule has 10 heteroatoms. The van der Waals surface area contributed by atoms with E-state index in [2.05, 4.69) is 22.8 Å². The lowest BCUT2D eigenvalue weighted by Crippen LogP contribution is -2.51. The molecule has 2 amide bonds. The summed E-state index contributed by atoms with van der Waals surface area (Å²) in [5.41, 5.74) is 1.84. The maximum atomic E-state index is 13.7. The standard InChI is InChI=1S/C35H41Cl2N3O5/c1-43-29-18-24(19-30(44-2)32(29)45-3)22-40-23-34(21-31(40)41,26-10-11-27(36)28(37)20-26)12-7-15-39-33(42)35(13-16-38-17-14-35)25-8-5-4-6-9-25/h4-6,8-11,18-20,38H,7,12-17,21-23H2,1-3H3,(H,39,42). The quantitative estimate of drug-likeness (QED) is 0.236. The molecule has 45 heavy (non-hydrogen) atoms. The normalized spacial score (nSPS) is 19.3. The molecule has 2 aliphatic rings. The number of likely N-dealkylation sites (tertiary alicyclic amines) is 1. The van der Waals surface area contributed by atoms with Crippen molar-refractivity contribution in [2.75, 3.05) is 47.5 Å². The zero-order valence-corrected chi connectivity index (χ0v) is 27.6. The highest BCUT2D eigenvalue weighted by atomic mass is 35.5. The molecule has 2 fully saturated rings. The summed E-state index contributed by atoms with van der Waals surface area (Å²) in [7, 11) is 4.71. The molecule has 0 aromatic heterocycles. The first-order valence-electron chi connectivity index (χ1n) is 15.3. The highest BCUT2D eigenvalue weighted by molar-refractivity contribution is 6.42. The number of rotatable bonds is 12. The predicted molar refractivity (Wildman–Crippen MR) is 177 cm³/mol. The van der Waals surface area contributed by atoms with Crippen LogP contribution in [0.4, 0.5) is 0 Å². The number of nitrogens with one attached hydrogen (secondary N) is 2. The van der Waals surface area contributed by atoms with Crippen LogP contribution in [0.25, 0.3) is 0 Å². The molecule has 0 radical (unpaired) electrons. The number of carbonyl (C=O) groups is 2. The molecular formula is C35H41Cl2N3O5. The Hall–Kier alpha value is -3.46. The van der Waals surface area contributed by atoms with Gasteiger partial charge in [-0.15, -0.1) is 0 Å². The summed E-state index contributed by atoms with van der Waals surface area (Å²) in [5, 5.41) is 7.56. The van der Waals surface area contributed by atoms with E-state index in [0.717, 1.165) is 42.6 Å². The zero-order valence-electron chi connectivity index (χ0n) is 26.1. The van der Waals surface area contributed by atoms with Crippen LogP contribution < -0.4 is 24.8 Å². The van der Waals surface area contributed by atoms with Gasteiger partial charge in [-0.05, 0) is 79.7 Å². The van der Waals surface area contributed by atoms with Crippen molar-refractivity contribution >= 4 is 35.0 Å². The minimum absolute atomic E-state index is 0.0385. The average Bonchev–Trinajstić information content (AvgIpc) is 3.39. The summed E-state index contributed by atoms with van der Waals surface area (Å²) in [5.74, 6) is 1.67. The number of carbonyl (C=O) groups excluding carboxylic acids is 2. The van der Waals surface area contributed by atoms with Gasteiger partial charge in [0.25, 0.3) is 0 Å². The van der Waals surface area contributed by atoms with Gasteiger partial charge in [-0.25, -0.2) is 0 Å². The highest BCUT2D eigenvalue weighted by Gasteiger charge is 2.45. The lowest BCUT2D eigenvalue weighted by atomic mass is 9.72. The fourth-order valence-electron chi connectivity index (χ4n) is 6.89. The molecule has 3 aromatic carbocycles. The van der Waals surface area contributed by atoms with Crippen LogP contribution in [0.5, 0.6) is 17.2 Å². The molecule has 1 unspecified atom stereocenters. The van der Waals surface area contributed by atoms with Gasteiger partial charge in [0, 0.05) is 31.5 Å². The van der Waals surface area contributed by atoms with E-state index in [1.807, 2.05) is 47.4 Å². The first-order valence-corrected chi connectivity index (χ1v) is 16.1. The van der Waals surface area contributed by atoms with E-state index in [9.17, 15) is 9.59 Å². The molecule has 3 aromatic rings. The van der Waals surface area contributed by atoms with Crippen LogP contribution in [-0.2, 0) is 27.0 Å². The average molecular weight is 655 g/mol. The Bertz CT molecular complexity index is 1490. The van der Waals surface area contributed by atoms with E-state index in [0.29, 0.717) is 66.2 Å². The number of nitrogens with zero attached hydrogens (tertiary/aromatic N) is 1. The van der Waals surface area contributed by atoms with Crippen LogP contribution in [0, 0.1) is 0 Å². The van der Waals surface area contributed by atoms with Gasteiger partial charge in [0.1, 0.15) is 0 Å². The van der Waals surface area contributed by atoms with Gasteiger partial charge >= 0.3 is 0 Å². The third kappa shape index (κ3) is 6.88. The van der Waals surface area contributed by atoms with Gasteiger partial charge in [0.05, 0.1) is 36.8 Å². The number of ether oxygens (including phenoxy) is 3. The van der Waals surface area contributed by atoms with Crippen molar-refractivity contribution in [3.63, 3.8) is 0 Å². The molecular weight excluding hydrogens is 613 g/mol. The van der Waals surface area contributed by atoms with E-state index < -0.39 is 10.8 Å². The molecule has 2 N–H and O–H groups in total. The number of halogens is 2. The van der Waals surface area contributed by atoms with E-state index in [1.165, 1.54) is 0 Å². The number of piperidine rings is 1. The van der Waals surface area contributed by atoms with Gasteiger partial charge < -0.3 is 29.7 Å². The fraction of sp³-hybridized carbons (Fsp3) is 0.429. The molecule has 2 heterocycles. The van der Waals surface area contributed by atoms with Crippen molar-refractivity contribution < 1.29 is 23.8 Å². The van der Waals surface area contributed by atoms with Crippen LogP contribution in [-0.4, -0.2) is 64.2 Å². The third-order valence-corrected chi connectivity index (χ3v) is 10.0. The third-order valence-electron chi connectivity index (χ3n) is 9.30. The Labute approximate surface area is 275 Å². The summed E-state index contributed by atoms with van der Waals surface area (Å²) < 4.78 is 16.5. The van der Waals surface area contributed by atoms with E-state index in [1.54, 1.807) is 27.4 Å². The zero-order chi connectivity index (χ0) is 32.0. The molecule has 0 spiro atoms. The van der Waals surface area contributed by atoms with Crippen LogP contribution in [0.2, 0.25) is 10.0 Å². The summed E-state index contributed by atoms with van der Waals surface area (Å²) >= 11 is 12.8. The Morgan fingerprint density at radius 1 is 0.911 bits per heavy atom. The van der Waals surface area contributed by atoms with E-state index in [-0.39, 0.29) is 11.8 Å². The molecule has 8 nitrogen and oxygen atoms in total. The van der Waals surface area contributed by atoms with E-state index in [4.69, 9.17) is 37.4 Å². The Morgan fingerprint density at radius 2 is 1.60 bits per heavy atom. The first kappa shape index (κ1) is 32.9. The van der Waals surface area contributed by atoms with Gasteiger partial charge in [-0.3, -0.25) is 9.59 Å². The smallest absolute Gasteiger partial charge is 0.230 e. The van der Waals surface area contributed by atoms with Crippen molar-refractivity contribution in [3.05, 3.63) is 87.4 Å². The molecule has 0 saturated carbocycles. The Morgan fingerprint density at radius 3 is 2.22 bits per heavy atom. The Balaban J connectivity index is 1.34. The minimum Gasteiger partial charge on any atom is -0.493 e. The van der Waals surface area contributed by atoms with Gasteiger partial charge in [-0.2, -0.15) is 0 Å². The number of amides is 2. The van der Waals surface area contributed by atoms with Crippen molar-refractivity contribution in [2.45, 2.75) is 49.5 Å². The molecule has 2 saturated heterocycles. The van der Waals surface area contributed by atoms with E-state index >= 15 is 0 Å². The van der Waals surface area contributed by atoms with Crippen LogP contribution in [0.3, 0.4) is 0 Å². The topological polar surface area (TPSA) is 89.1 Å². The predicted octanol–water partition coefficient (Wildman–Crippen LogP) is 5.91. The van der Waals surface area contributed by atoms with Crippen molar-refractivity contribution in [2.24, 2.45) is 0 Å². The molecule has 2 aliphatic heterocycles. The lowest BCUT2D eigenvalue weighted by molar-refractivity contribution is -0.128. The van der Waals surface area contributed by atoms with Crippen LogP contribution in [0.1, 0.15) is 48.8 Å². The van der Waals surface area contributed by atoms with Gasteiger partial charge in [0.15, 0.2) is 11.5 Å². The van der Waals surface area contributed by atoms with Crippen molar-refractivity contribution in [1.29, 1.82) is 0 Å². The highest BCUT2D eigenvalue weighted by Crippen LogP contribution is 2.43. The Kier molecular flexibility index (Phi) is 10.5. The maximum absolute atomic E-state index is 13.7. The van der Waals surface area contributed by atoms with Crippen LogP contribution in [0.15, 0.2) is 60.7 Å².